The number of nitrogens with zero attached hydrogens (tertiary/aromatic N) is 2. The molecule has 19 heavy (non-hydrogen) atoms. The van der Waals surface area contributed by atoms with E-state index >= 15 is 0 Å². The Bertz CT molecular complexity index is 558. The van der Waals surface area contributed by atoms with Gasteiger partial charge in [0, 0.05) is 24.3 Å². The van der Waals surface area contributed by atoms with Gasteiger partial charge in [0.25, 0.3) is 0 Å². The summed E-state index contributed by atoms with van der Waals surface area (Å²) in [6, 6.07) is 5.74. The molecule has 100 valence electrons. The van der Waals surface area contributed by atoms with Crippen molar-refractivity contribution in [2.45, 2.75) is 26.4 Å². The third-order valence-electron chi connectivity index (χ3n) is 2.96. The summed E-state index contributed by atoms with van der Waals surface area (Å²) in [5.74, 6) is -0.803. The molecule has 0 bridgehead atoms. The van der Waals surface area contributed by atoms with Gasteiger partial charge in [-0.2, -0.15) is 10.2 Å². The quantitative estimate of drug-likeness (QED) is 0.921. The van der Waals surface area contributed by atoms with Gasteiger partial charge in [0.1, 0.15) is 11.6 Å². The standard InChI is InChI=1S/C14H15F2N3/c1-9-6-14(16)12(7-13(9)15)10(2)17-8-11-4-3-5-18-19-11/h3-7,10,17H,8H2,1-2H3. The highest BCUT2D eigenvalue weighted by molar-refractivity contribution is 5.27. The minimum atomic E-state index is -0.405. The van der Waals surface area contributed by atoms with Gasteiger partial charge in [-0.05, 0) is 43.7 Å². The molecule has 0 fully saturated rings. The number of benzene rings is 1. The van der Waals surface area contributed by atoms with Crippen LogP contribution in [0, 0.1) is 18.6 Å². The highest BCUT2D eigenvalue weighted by Gasteiger charge is 2.13. The molecule has 1 unspecified atom stereocenters. The van der Waals surface area contributed by atoms with Crippen molar-refractivity contribution in [3.05, 3.63) is 58.9 Å². The van der Waals surface area contributed by atoms with Crippen LogP contribution in [0.15, 0.2) is 30.5 Å². The van der Waals surface area contributed by atoms with Gasteiger partial charge in [-0.25, -0.2) is 8.78 Å². The highest BCUT2D eigenvalue weighted by Crippen LogP contribution is 2.20. The lowest BCUT2D eigenvalue weighted by Gasteiger charge is -2.15. The van der Waals surface area contributed by atoms with Crippen molar-refractivity contribution < 1.29 is 8.78 Å². The summed E-state index contributed by atoms with van der Waals surface area (Å²) >= 11 is 0. The number of rotatable bonds is 4. The first-order chi connectivity index (χ1) is 9.08. The van der Waals surface area contributed by atoms with Crippen LogP contribution in [0.2, 0.25) is 0 Å². The maximum absolute atomic E-state index is 13.8. The molecule has 1 aromatic carbocycles. The minimum Gasteiger partial charge on any atom is -0.304 e. The van der Waals surface area contributed by atoms with Crippen LogP contribution in [-0.4, -0.2) is 10.2 Å². The molecule has 0 spiro atoms. The van der Waals surface area contributed by atoms with Gasteiger partial charge in [-0.3, -0.25) is 0 Å². The fourth-order valence-corrected chi connectivity index (χ4v) is 1.79. The van der Waals surface area contributed by atoms with Crippen molar-refractivity contribution in [1.82, 2.24) is 15.5 Å². The number of aryl methyl sites for hydroxylation is 1. The van der Waals surface area contributed by atoms with Crippen LogP contribution < -0.4 is 5.32 Å². The third-order valence-corrected chi connectivity index (χ3v) is 2.96. The van der Waals surface area contributed by atoms with Crippen molar-refractivity contribution in [2.75, 3.05) is 0 Å². The number of halogens is 2. The van der Waals surface area contributed by atoms with Crippen LogP contribution in [0.1, 0.15) is 29.8 Å². The first kappa shape index (κ1) is 13.5. The zero-order valence-corrected chi connectivity index (χ0v) is 10.8. The predicted molar refractivity (Wildman–Crippen MR) is 68.4 cm³/mol. The Morgan fingerprint density at radius 3 is 2.74 bits per heavy atom. The summed E-state index contributed by atoms with van der Waals surface area (Å²) in [4.78, 5) is 0. The molecule has 1 heterocycles. The van der Waals surface area contributed by atoms with Gasteiger partial charge in [-0.1, -0.05) is 0 Å². The number of nitrogens with one attached hydrogen (secondary N) is 1. The molecule has 0 aliphatic rings. The van der Waals surface area contributed by atoms with Gasteiger partial charge in [0.05, 0.1) is 5.69 Å². The Labute approximate surface area is 110 Å². The first-order valence-corrected chi connectivity index (χ1v) is 6.03. The van der Waals surface area contributed by atoms with Crippen LogP contribution >= 0.6 is 0 Å². The average molecular weight is 263 g/mol. The summed E-state index contributed by atoms with van der Waals surface area (Å²) in [5.41, 5.74) is 1.37. The molecule has 1 N–H and O–H groups in total. The predicted octanol–water partition coefficient (Wildman–Crippen LogP) is 2.91. The Kier molecular flexibility index (Phi) is 4.16. The lowest BCUT2D eigenvalue weighted by Crippen LogP contribution is -2.20. The Balaban J connectivity index is 2.08. The van der Waals surface area contributed by atoms with Gasteiger partial charge >= 0.3 is 0 Å². The van der Waals surface area contributed by atoms with E-state index in [0.29, 0.717) is 17.7 Å². The fourth-order valence-electron chi connectivity index (χ4n) is 1.79. The van der Waals surface area contributed by atoms with Crippen molar-refractivity contribution in [3.63, 3.8) is 0 Å². The van der Waals surface area contributed by atoms with Crippen LogP contribution in [0.25, 0.3) is 0 Å². The summed E-state index contributed by atoms with van der Waals surface area (Å²) in [7, 11) is 0. The van der Waals surface area contributed by atoms with E-state index in [1.54, 1.807) is 26.1 Å². The molecular weight excluding hydrogens is 248 g/mol. The smallest absolute Gasteiger partial charge is 0.128 e. The summed E-state index contributed by atoms with van der Waals surface area (Å²) in [6.45, 7) is 3.77. The van der Waals surface area contributed by atoms with Crippen LogP contribution in [0.5, 0.6) is 0 Å². The SMILES string of the molecule is Cc1cc(F)c(C(C)NCc2cccnn2)cc1F. The maximum Gasteiger partial charge on any atom is 0.128 e. The van der Waals surface area contributed by atoms with E-state index in [4.69, 9.17) is 0 Å². The summed E-state index contributed by atoms with van der Waals surface area (Å²) in [5, 5.41) is 10.8. The van der Waals surface area contributed by atoms with Gasteiger partial charge < -0.3 is 5.32 Å². The molecule has 1 aromatic heterocycles. The number of aromatic nitrogens is 2. The zero-order chi connectivity index (χ0) is 13.8. The lowest BCUT2D eigenvalue weighted by atomic mass is 10.0. The van der Waals surface area contributed by atoms with Crippen molar-refractivity contribution in [1.29, 1.82) is 0 Å². The maximum atomic E-state index is 13.8. The van der Waals surface area contributed by atoms with E-state index in [9.17, 15) is 8.78 Å². The van der Waals surface area contributed by atoms with E-state index < -0.39 is 11.6 Å². The number of hydrogen-bond acceptors (Lipinski definition) is 3. The molecule has 1 atom stereocenters. The van der Waals surface area contributed by atoms with Crippen molar-refractivity contribution in [2.24, 2.45) is 0 Å². The average Bonchev–Trinajstić information content (AvgIpc) is 2.41. The molecule has 0 aliphatic heterocycles. The van der Waals surface area contributed by atoms with Gasteiger partial charge in [0.15, 0.2) is 0 Å². The molecule has 0 aliphatic carbocycles. The largest absolute Gasteiger partial charge is 0.304 e. The van der Waals surface area contributed by atoms with Gasteiger partial charge in [0.2, 0.25) is 0 Å². The Morgan fingerprint density at radius 2 is 2.05 bits per heavy atom. The minimum absolute atomic E-state index is 0.308. The van der Waals surface area contributed by atoms with Crippen molar-refractivity contribution in [3.8, 4) is 0 Å². The zero-order valence-electron chi connectivity index (χ0n) is 10.8. The second kappa shape index (κ2) is 5.84. The lowest BCUT2D eigenvalue weighted by molar-refractivity contribution is 0.512. The van der Waals surface area contributed by atoms with Crippen LogP contribution in [0.3, 0.4) is 0 Å². The molecular formula is C14H15F2N3. The second-order valence-corrected chi connectivity index (χ2v) is 4.44. The molecule has 0 amide bonds. The molecule has 0 radical (unpaired) electrons. The second-order valence-electron chi connectivity index (χ2n) is 4.44. The summed E-state index contributed by atoms with van der Waals surface area (Å²) in [6.07, 6.45) is 1.59. The highest BCUT2D eigenvalue weighted by atomic mass is 19.1. The first-order valence-electron chi connectivity index (χ1n) is 6.03. The van der Waals surface area contributed by atoms with Crippen LogP contribution in [0.4, 0.5) is 8.78 Å². The van der Waals surface area contributed by atoms with E-state index in [2.05, 4.69) is 15.5 Å². The Morgan fingerprint density at radius 1 is 1.26 bits per heavy atom. The van der Waals surface area contributed by atoms with E-state index in [0.717, 1.165) is 5.69 Å². The van der Waals surface area contributed by atoms with E-state index in [1.165, 1.54) is 12.1 Å². The van der Waals surface area contributed by atoms with Crippen LogP contribution in [-0.2, 0) is 6.54 Å². The monoisotopic (exact) mass is 263 g/mol. The molecule has 3 nitrogen and oxygen atoms in total. The third kappa shape index (κ3) is 3.32. The molecule has 2 aromatic rings. The topological polar surface area (TPSA) is 37.8 Å². The molecule has 2 rings (SSSR count). The van der Waals surface area contributed by atoms with E-state index in [1.807, 2.05) is 6.07 Å². The van der Waals surface area contributed by atoms with E-state index in [-0.39, 0.29) is 6.04 Å². The molecule has 0 saturated heterocycles. The normalized spacial score (nSPS) is 12.4. The van der Waals surface area contributed by atoms with Gasteiger partial charge in [-0.15, -0.1) is 0 Å². The van der Waals surface area contributed by atoms with Crippen molar-refractivity contribution >= 4 is 0 Å². The fraction of sp³-hybridized carbons (Fsp3) is 0.286. The summed E-state index contributed by atoms with van der Waals surface area (Å²) < 4.78 is 27.2. The number of hydrogen-bond donors (Lipinski definition) is 1. The molecule has 0 saturated carbocycles. The Hall–Kier alpha value is -1.88. The molecule has 5 heteroatoms.